The number of ether oxygens (including phenoxy) is 1. The van der Waals surface area contributed by atoms with Gasteiger partial charge in [0.05, 0.1) is 18.3 Å². The summed E-state index contributed by atoms with van der Waals surface area (Å²) >= 11 is 0. The Morgan fingerprint density at radius 1 is 1.55 bits per heavy atom. The topological polar surface area (TPSA) is 33.0 Å². The monoisotopic (exact) mass is 149 g/mol. The average molecular weight is 149 g/mol. The number of fused-ring (bicyclic) bond motifs is 2. The molecule has 2 aliphatic heterocycles. The van der Waals surface area contributed by atoms with Gasteiger partial charge in [0.1, 0.15) is 0 Å². The first kappa shape index (κ1) is 6.87. The molecule has 0 N–H and O–H groups in total. The lowest BCUT2D eigenvalue weighted by Crippen LogP contribution is -2.12. The normalized spacial score (nSPS) is 39.4. The number of nitriles is 1. The van der Waals surface area contributed by atoms with Crippen molar-refractivity contribution in [2.75, 3.05) is 0 Å². The maximum absolute atomic E-state index is 8.39. The van der Waals surface area contributed by atoms with E-state index in [-0.39, 0.29) is 0 Å². The third-order valence-electron chi connectivity index (χ3n) is 2.47. The highest BCUT2D eigenvalue weighted by Crippen LogP contribution is 2.35. The van der Waals surface area contributed by atoms with E-state index >= 15 is 0 Å². The number of rotatable bonds is 2. The first-order chi connectivity index (χ1) is 5.40. The molecule has 2 aliphatic rings. The van der Waals surface area contributed by atoms with E-state index in [1.807, 2.05) is 0 Å². The van der Waals surface area contributed by atoms with E-state index in [9.17, 15) is 0 Å². The van der Waals surface area contributed by atoms with Crippen LogP contribution in [0.4, 0.5) is 0 Å². The predicted molar refractivity (Wildman–Crippen MR) is 40.8 cm³/mol. The van der Waals surface area contributed by atoms with Crippen LogP contribution in [0.25, 0.3) is 0 Å². The van der Waals surface area contributed by atoms with E-state index in [1.54, 1.807) is 0 Å². The van der Waals surface area contributed by atoms with Gasteiger partial charge in [0.25, 0.3) is 0 Å². The van der Waals surface area contributed by atoms with Crippen molar-refractivity contribution in [3.05, 3.63) is 12.2 Å². The molecule has 3 atom stereocenters. The molecule has 0 aromatic rings. The minimum absolute atomic E-state index is 0.327. The van der Waals surface area contributed by atoms with Crippen LogP contribution < -0.4 is 0 Å². The minimum Gasteiger partial charge on any atom is -0.367 e. The zero-order valence-electron chi connectivity index (χ0n) is 6.36. The average Bonchev–Trinajstić information content (AvgIpc) is 2.60. The molecule has 0 aliphatic carbocycles. The third-order valence-corrected chi connectivity index (χ3v) is 2.47. The van der Waals surface area contributed by atoms with Gasteiger partial charge >= 0.3 is 0 Å². The zero-order chi connectivity index (χ0) is 7.68. The second kappa shape index (κ2) is 2.67. The van der Waals surface area contributed by atoms with Crippen molar-refractivity contribution < 1.29 is 4.74 Å². The highest BCUT2D eigenvalue weighted by Gasteiger charge is 2.35. The fourth-order valence-electron chi connectivity index (χ4n) is 1.89. The van der Waals surface area contributed by atoms with Gasteiger partial charge in [-0.3, -0.25) is 0 Å². The Morgan fingerprint density at radius 2 is 2.45 bits per heavy atom. The standard InChI is InChI=1S/C9H11NO/c10-5-1-2-7-6-8-3-4-9(7)11-8/h3-4,7-9H,1-2,6H2. The number of hydrogen-bond acceptors (Lipinski definition) is 2. The lowest BCUT2D eigenvalue weighted by atomic mass is 9.90. The van der Waals surface area contributed by atoms with Crippen LogP contribution in [0.3, 0.4) is 0 Å². The Balaban J connectivity index is 1.89. The summed E-state index contributed by atoms with van der Waals surface area (Å²) in [6.45, 7) is 0. The van der Waals surface area contributed by atoms with E-state index < -0.39 is 0 Å². The smallest absolute Gasteiger partial charge is 0.0794 e. The van der Waals surface area contributed by atoms with E-state index in [1.165, 1.54) is 0 Å². The molecule has 2 rings (SSSR count). The minimum atomic E-state index is 0.327. The van der Waals surface area contributed by atoms with Crippen molar-refractivity contribution >= 4 is 0 Å². The van der Waals surface area contributed by atoms with Crippen molar-refractivity contribution in [2.45, 2.75) is 31.5 Å². The van der Waals surface area contributed by atoms with Gasteiger partial charge in [-0.2, -0.15) is 5.26 Å². The molecule has 1 fully saturated rings. The summed E-state index contributed by atoms with van der Waals surface area (Å²) < 4.78 is 5.56. The molecule has 0 saturated carbocycles. The Labute approximate surface area is 66.5 Å². The molecule has 1 saturated heterocycles. The van der Waals surface area contributed by atoms with Crippen LogP contribution in [0.5, 0.6) is 0 Å². The van der Waals surface area contributed by atoms with Gasteiger partial charge in [-0.25, -0.2) is 0 Å². The molecule has 0 aromatic heterocycles. The second-order valence-electron chi connectivity index (χ2n) is 3.22. The van der Waals surface area contributed by atoms with Crippen LogP contribution in [0, 0.1) is 17.2 Å². The molecule has 2 heteroatoms. The molecule has 0 spiro atoms. The summed E-state index contributed by atoms with van der Waals surface area (Å²) in [6, 6.07) is 2.17. The Morgan fingerprint density at radius 3 is 3.00 bits per heavy atom. The van der Waals surface area contributed by atoms with Crippen LogP contribution in [-0.4, -0.2) is 12.2 Å². The molecule has 2 nitrogen and oxygen atoms in total. The van der Waals surface area contributed by atoms with Crippen molar-refractivity contribution in [2.24, 2.45) is 5.92 Å². The second-order valence-corrected chi connectivity index (χ2v) is 3.22. The lowest BCUT2D eigenvalue weighted by Gasteiger charge is -2.12. The molecule has 11 heavy (non-hydrogen) atoms. The molecule has 0 amide bonds. The molecule has 2 bridgehead atoms. The Bertz CT molecular complexity index is 216. The molecular weight excluding hydrogens is 138 g/mol. The number of nitrogens with zero attached hydrogens (tertiary/aromatic N) is 1. The summed E-state index contributed by atoms with van der Waals surface area (Å²) in [5.74, 6) is 0.615. The maximum Gasteiger partial charge on any atom is 0.0794 e. The van der Waals surface area contributed by atoms with Crippen molar-refractivity contribution in [1.82, 2.24) is 0 Å². The maximum atomic E-state index is 8.39. The molecule has 3 unspecified atom stereocenters. The molecular formula is C9H11NO. The number of hydrogen-bond donors (Lipinski definition) is 0. The van der Waals surface area contributed by atoms with E-state index in [0.717, 1.165) is 12.8 Å². The van der Waals surface area contributed by atoms with Gasteiger partial charge in [0.15, 0.2) is 0 Å². The van der Waals surface area contributed by atoms with Gasteiger partial charge in [-0.1, -0.05) is 12.2 Å². The summed E-state index contributed by atoms with van der Waals surface area (Å²) in [4.78, 5) is 0. The van der Waals surface area contributed by atoms with Crippen LogP contribution >= 0.6 is 0 Å². The largest absolute Gasteiger partial charge is 0.367 e. The van der Waals surface area contributed by atoms with E-state index in [2.05, 4.69) is 18.2 Å². The van der Waals surface area contributed by atoms with Gasteiger partial charge in [-0.05, 0) is 18.8 Å². The van der Waals surface area contributed by atoms with Crippen molar-refractivity contribution in [3.8, 4) is 6.07 Å². The van der Waals surface area contributed by atoms with Gasteiger partial charge in [0.2, 0.25) is 0 Å². The van der Waals surface area contributed by atoms with E-state index in [4.69, 9.17) is 10.00 Å². The zero-order valence-corrected chi connectivity index (χ0v) is 6.36. The molecule has 2 heterocycles. The van der Waals surface area contributed by atoms with Crippen LogP contribution in [0.15, 0.2) is 12.2 Å². The fraction of sp³-hybridized carbons (Fsp3) is 0.667. The van der Waals surface area contributed by atoms with Crippen LogP contribution in [-0.2, 0) is 4.74 Å². The highest BCUT2D eigenvalue weighted by molar-refractivity contribution is 5.10. The van der Waals surface area contributed by atoms with Gasteiger partial charge in [-0.15, -0.1) is 0 Å². The quantitative estimate of drug-likeness (QED) is 0.559. The Hall–Kier alpha value is -0.810. The highest BCUT2D eigenvalue weighted by atomic mass is 16.5. The first-order valence-corrected chi connectivity index (χ1v) is 4.11. The third kappa shape index (κ3) is 1.17. The summed E-state index contributed by atoms with van der Waals surface area (Å²) in [5, 5.41) is 8.39. The molecule has 58 valence electrons. The SMILES string of the molecule is N#CCCC1CC2C=CC1O2. The fourth-order valence-corrected chi connectivity index (χ4v) is 1.89. The molecule has 0 radical (unpaired) electrons. The predicted octanol–water partition coefficient (Wildman–Crippen LogP) is 1.63. The summed E-state index contributed by atoms with van der Waals surface area (Å²) in [6.07, 6.45) is 7.76. The van der Waals surface area contributed by atoms with Gasteiger partial charge < -0.3 is 4.74 Å². The molecule has 0 aromatic carbocycles. The summed E-state index contributed by atoms with van der Waals surface area (Å²) in [5.41, 5.74) is 0. The van der Waals surface area contributed by atoms with Crippen LogP contribution in [0.1, 0.15) is 19.3 Å². The van der Waals surface area contributed by atoms with E-state index in [0.29, 0.717) is 24.5 Å². The van der Waals surface area contributed by atoms with Crippen molar-refractivity contribution in [1.29, 1.82) is 5.26 Å². The Kier molecular flexibility index (Phi) is 1.67. The van der Waals surface area contributed by atoms with Crippen LogP contribution in [0.2, 0.25) is 0 Å². The lowest BCUT2D eigenvalue weighted by molar-refractivity contribution is 0.107. The summed E-state index contributed by atoms with van der Waals surface area (Å²) in [7, 11) is 0. The van der Waals surface area contributed by atoms with Gasteiger partial charge in [0, 0.05) is 6.42 Å². The van der Waals surface area contributed by atoms with Crippen molar-refractivity contribution in [3.63, 3.8) is 0 Å². The first-order valence-electron chi connectivity index (χ1n) is 4.11.